The second-order valence-electron chi connectivity index (χ2n) is 4.51. The fourth-order valence-electron chi connectivity index (χ4n) is 2.35. The number of carbonyl (C=O) groups excluding carboxylic acids is 1. The molecule has 0 spiro atoms. The van der Waals surface area contributed by atoms with Crippen LogP contribution in [0.1, 0.15) is 34.2 Å². The number of nitrogens with zero attached hydrogens (tertiary/aromatic N) is 1. The highest BCUT2D eigenvalue weighted by atomic mass is 16.3. The summed E-state index contributed by atoms with van der Waals surface area (Å²) in [5.74, 6) is 0.629. The number of fused-ring (bicyclic) bond motifs is 1. The molecule has 0 radical (unpaired) electrons. The fourth-order valence-corrected chi connectivity index (χ4v) is 2.35. The minimum Gasteiger partial charge on any atom is -0.469 e. The molecule has 1 aromatic carbocycles. The number of aryl methyl sites for hydroxylation is 1. The molecule has 0 aliphatic heterocycles. The highest BCUT2D eigenvalue weighted by Crippen LogP contribution is 2.24. The fraction of sp³-hybridized carbons (Fsp3) is 0.125. The minimum absolute atomic E-state index is 0.0634. The number of carbonyl (C=O) groups is 1. The SMILES string of the molecule is CCc1occc1C(=O)c1c[nH]c2cc(C#N)ccc12. The van der Waals surface area contributed by atoms with Gasteiger partial charge in [0, 0.05) is 29.1 Å². The number of ketones is 1. The maximum absolute atomic E-state index is 12.6. The smallest absolute Gasteiger partial charge is 0.198 e. The lowest BCUT2D eigenvalue weighted by atomic mass is 10.0. The van der Waals surface area contributed by atoms with E-state index in [0.29, 0.717) is 28.9 Å². The van der Waals surface area contributed by atoms with Crippen LogP contribution in [0.5, 0.6) is 0 Å². The number of aromatic nitrogens is 1. The molecule has 0 bridgehead atoms. The standard InChI is InChI=1S/C16H12N2O2/c1-2-15-12(5-6-20-15)16(19)13-9-18-14-7-10(8-17)3-4-11(13)14/h3-7,9,18H,2H2,1H3. The number of nitrogens with one attached hydrogen (secondary N) is 1. The molecule has 4 heteroatoms. The lowest BCUT2D eigenvalue weighted by molar-refractivity contribution is 0.103. The summed E-state index contributed by atoms with van der Waals surface area (Å²) in [5.41, 5.74) is 2.54. The first-order valence-corrected chi connectivity index (χ1v) is 6.37. The number of benzene rings is 1. The Morgan fingerprint density at radius 2 is 2.20 bits per heavy atom. The van der Waals surface area contributed by atoms with Gasteiger partial charge in [-0.15, -0.1) is 0 Å². The first kappa shape index (κ1) is 12.2. The molecule has 0 atom stereocenters. The van der Waals surface area contributed by atoms with Crippen LogP contribution in [0.25, 0.3) is 10.9 Å². The summed E-state index contributed by atoms with van der Waals surface area (Å²) in [5, 5.41) is 9.71. The lowest BCUT2D eigenvalue weighted by Gasteiger charge is -1.99. The van der Waals surface area contributed by atoms with E-state index in [1.807, 2.05) is 6.92 Å². The van der Waals surface area contributed by atoms with Gasteiger partial charge in [0.15, 0.2) is 5.78 Å². The van der Waals surface area contributed by atoms with Crippen molar-refractivity contribution in [2.24, 2.45) is 0 Å². The van der Waals surface area contributed by atoms with Crippen LogP contribution in [-0.2, 0) is 6.42 Å². The van der Waals surface area contributed by atoms with Crippen LogP contribution in [0.3, 0.4) is 0 Å². The van der Waals surface area contributed by atoms with Crippen molar-refractivity contribution in [1.82, 2.24) is 4.98 Å². The molecular formula is C16H12N2O2. The number of hydrogen-bond acceptors (Lipinski definition) is 3. The van der Waals surface area contributed by atoms with Gasteiger partial charge >= 0.3 is 0 Å². The summed E-state index contributed by atoms with van der Waals surface area (Å²) >= 11 is 0. The Bertz CT molecular complexity index is 834. The van der Waals surface area contributed by atoms with Crippen molar-refractivity contribution < 1.29 is 9.21 Å². The summed E-state index contributed by atoms with van der Waals surface area (Å²) in [6, 6.07) is 9.03. The zero-order valence-electron chi connectivity index (χ0n) is 10.9. The summed E-state index contributed by atoms with van der Waals surface area (Å²) < 4.78 is 5.31. The molecule has 98 valence electrons. The topological polar surface area (TPSA) is 69.8 Å². The summed E-state index contributed by atoms with van der Waals surface area (Å²) in [6.45, 7) is 1.95. The maximum Gasteiger partial charge on any atom is 0.198 e. The van der Waals surface area contributed by atoms with E-state index in [4.69, 9.17) is 9.68 Å². The molecule has 0 aliphatic carbocycles. The van der Waals surface area contributed by atoms with Gasteiger partial charge in [0.1, 0.15) is 5.76 Å². The number of H-pyrrole nitrogens is 1. The molecule has 3 aromatic rings. The van der Waals surface area contributed by atoms with Gasteiger partial charge in [-0.25, -0.2) is 0 Å². The number of nitriles is 1. The van der Waals surface area contributed by atoms with Gasteiger partial charge < -0.3 is 9.40 Å². The van der Waals surface area contributed by atoms with Gasteiger partial charge in [0.05, 0.1) is 23.5 Å². The Balaban J connectivity index is 2.11. The average molecular weight is 264 g/mol. The number of furan rings is 1. The van der Waals surface area contributed by atoms with E-state index in [2.05, 4.69) is 11.1 Å². The highest BCUT2D eigenvalue weighted by molar-refractivity contribution is 6.16. The van der Waals surface area contributed by atoms with E-state index in [1.54, 1.807) is 30.5 Å². The summed E-state index contributed by atoms with van der Waals surface area (Å²) in [7, 11) is 0. The molecule has 0 amide bonds. The maximum atomic E-state index is 12.6. The summed E-state index contributed by atoms with van der Waals surface area (Å²) in [4.78, 5) is 15.6. The van der Waals surface area contributed by atoms with Gasteiger partial charge in [-0.1, -0.05) is 13.0 Å². The molecular weight excluding hydrogens is 252 g/mol. The zero-order valence-corrected chi connectivity index (χ0v) is 10.9. The van der Waals surface area contributed by atoms with Crippen molar-refractivity contribution in [3.05, 3.63) is 59.2 Å². The first-order valence-electron chi connectivity index (χ1n) is 6.37. The number of rotatable bonds is 3. The van der Waals surface area contributed by atoms with Crippen molar-refractivity contribution >= 4 is 16.7 Å². The number of hydrogen-bond donors (Lipinski definition) is 1. The van der Waals surface area contributed by atoms with Crippen molar-refractivity contribution in [2.75, 3.05) is 0 Å². The van der Waals surface area contributed by atoms with E-state index in [1.165, 1.54) is 6.26 Å². The van der Waals surface area contributed by atoms with Crippen LogP contribution >= 0.6 is 0 Å². The molecule has 4 nitrogen and oxygen atoms in total. The van der Waals surface area contributed by atoms with Gasteiger partial charge in [-0.3, -0.25) is 4.79 Å². The molecule has 2 aromatic heterocycles. The third-order valence-corrected chi connectivity index (χ3v) is 3.37. The molecule has 2 heterocycles. The zero-order chi connectivity index (χ0) is 14.1. The van der Waals surface area contributed by atoms with Gasteiger partial charge in [0.2, 0.25) is 0 Å². The second-order valence-corrected chi connectivity index (χ2v) is 4.51. The highest BCUT2D eigenvalue weighted by Gasteiger charge is 2.18. The molecule has 0 unspecified atom stereocenters. The van der Waals surface area contributed by atoms with Crippen LogP contribution in [0.15, 0.2) is 41.1 Å². The molecule has 3 rings (SSSR count). The normalized spacial score (nSPS) is 10.6. The second kappa shape index (κ2) is 4.71. The van der Waals surface area contributed by atoms with E-state index >= 15 is 0 Å². The minimum atomic E-state index is -0.0634. The Labute approximate surface area is 115 Å². The quantitative estimate of drug-likeness (QED) is 0.737. The van der Waals surface area contributed by atoms with Crippen molar-refractivity contribution in [2.45, 2.75) is 13.3 Å². The average Bonchev–Trinajstić information content (AvgIpc) is 3.12. The van der Waals surface area contributed by atoms with E-state index < -0.39 is 0 Å². The summed E-state index contributed by atoms with van der Waals surface area (Å²) in [6.07, 6.45) is 3.89. The van der Waals surface area contributed by atoms with Crippen molar-refractivity contribution in [3.63, 3.8) is 0 Å². The predicted octanol–water partition coefficient (Wildman–Crippen LogP) is 3.43. The molecule has 0 fully saturated rings. The van der Waals surface area contributed by atoms with E-state index in [-0.39, 0.29) is 5.78 Å². The Hall–Kier alpha value is -2.80. The Kier molecular flexibility index (Phi) is 2.88. The first-order chi connectivity index (χ1) is 9.74. The Morgan fingerprint density at radius 3 is 2.95 bits per heavy atom. The van der Waals surface area contributed by atoms with Gasteiger partial charge in [-0.05, 0) is 18.2 Å². The molecule has 20 heavy (non-hydrogen) atoms. The molecule has 0 saturated carbocycles. The van der Waals surface area contributed by atoms with Crippen LogP contribution < -0.4 is 0 Å². The van der Waals surface area contributed by atoms with Gasteiger partial charge in [-0.2, -0.15) is 5.26 Å². The van der Waals surface area contributed by atoms with Crippen LogP contribution in [0.4, 0.5) is 0 Å². The third kappa shape index (κ3) is 1.81. The monoisotopic (exact) mass is 264 g/mol. The third-order valence-electron chi connectivity index (χ3n) is 3.37. The van der Waals surface area contributed by atoms with Crippen molar-refractivity contribution in [3.8, 4) is 6.07 Å². The van der Waals surface area contributed by atoms with E-state index in [9.17, 15) is 4.79 Å². The van der Waals surface area contributed by atoms with Crippen LogP contribution in [-0.4, -0.2) is 10.8 Å². The largest absolute Gasteiger partial charge is 0.469 e. The van der Waals surface area contributed by atoms with Crippen molar-refractivity contribution in [1.29, 1.82) is 5.26 Å². The lowest BCUT2D eigenvalue weighted by Crippen LogP contribution is -2.01. The number of aromatic amines is 1. The predicted molar refractivity (Wildman–Crippen MR) is 74.5 cm³/mol. The molecule has 1 N–H and O–H groups in total. The van der Waals surface area contributed by atoms with Crippen LogP contribution in [0, 0.1) is 11.3 Å². The Morgan fingerprint density at radius 1 is 1.35 bits per heavy atom. The van der Waals surface area contributed by atoms with Crippen LogP contribution in [0.2, 0.25) is 0 Å². The van der Waals surface area contributed by atoms with E-state index in [0.717, 1.165) is 10.9 Å². The van der Waals surface area contributed by atoms with Gasteiger partial charge in [0.25, 0.3) is 0 Å². The molecule has 0 aliphatic rings. The molecule has 0 saturated heterocycles.